The van der Waals surface area contributed by atoms with Crippen molar-refractivity contribution in [3.8, 4) is 5.88 Å². The zero-order valence-electron chi connectivity index (χ0n) is 18.0. The molecule has 12 nitrogen and oxygen atoms in total. The molecule has 0 radical (unpaired) electrons. The first-order valence-electron chi connectivity index (χ1n) is 9.90. The number of fused-ring (bicyclic) bond motifs is 2. The highest BCUT2D eigenvalue weighted by molar-refractivity contribution is 7.92. The van der Waals surface area contributed by atoms with Crippen LogP contribution >= 0.6 is 0 Å². The Morgan fingerprint density at radius 1 is 1.27 bits per heavy atom. The Morgan fingerprint density at radius 2 is 2.00 bits per heavy atom. The number of hydrogen-bond acceptors (Lipinski definition) is 8. The third-order valence-corrected chi connectivity index (χ3v) is 6.89. The first-order valence-corrected chi connectivity index (χ1v) is 13.2. The molecule has 0 unspecified atom stereocenters. The maximum absolute atomic E-state index is 13.3. The maximum Gasteiger partial charge on any atom is 0.286 e. The first kappa shape index (κ1) is 22.8. The minimum Gasteiger partial charge on any atom is -0.493 e. The highest BCUT2D eigenvalue weighted by Crippen LogP contribution is 2.32. The summed E-state index contributed by atoms with van der Waals surface area (Å²) >= 11 is 0. The third-order valence-electron chi connectivity index (χ3n) is 4.97. The summed E-state index contributed by atoms with van der Waals surface area (Å²) in [6, 6.07) is 3.84. The van der Waals surface area contributed by atoms with Crippen LogP contribution in [0.4, 0.5) is 11.4 Å². The second-order valence-electron chi connectivity index (χ2n) is 8.06. The molecule has 0 fully saturated rings. The summed E-state index contributed by atoms with van der Waals surface area (Å²) in [7, 11) is -7.95. The van der Waals surface area contributed by atoms with Gasteiger partial charge in [-0.25, -0.2) is 13.4 Å². The molecule has 176 valence electrons. The van der Waals surface area contributed by atoms with Gasteiger partial charge in [-0.2, -0.15) is 8.42 Å². The molecule has 2 aromatic heterocycles. The van der Waals surface area contributed by atoms with Crippen molar-refractivity contribution in [2.75, 3.05) is 16.3 Å². The van der Waals surface area contributed by atoms with Gasteiger partial charge >= 0.3 is 0 Å². The zero-order valence-corrected chi connectivity index (χ0v) is 19.6. The standard InChI is InChI=1S/C19H22N6O6S2/c1-11(2)6-8-24-17(26)15(18(27)25-9-7-20-19(24)25)16-21-13-5-4-12(22-32(3,28)29)10-14(13)33(30,31)23-16/h4-5,7,9-11,22,27H,6,8H2,1-3H3,(H,21,23). The summed E-state index contributed by atoms with van der Waals surface area (Å²) in [6.45, 7) is 4.30. The van der Waals surface area contributed by atoms with Gasteiger partial charge in [-0.1, -0.05) is 13.8 Å². The van der Waals surface area contributed by atoms with Crippen molar-refractivity contribution in [3.63, 3.8) is 0 Å². The molecule has 33 heavy (non-hydrogen) atoms. The van der Waals surface area contributed by atoms with Crippen LogP contribution in [0.25, 0.3) is 5.78 Å². The Labute approximate surface area is 189 Å². The molecule has 3 aromatic rings. The molecule has 1 aromatic carbocycles. The SMILES string of the molecule is CC(C)CCn1c(=O)c(C2=NS(=O)(=O)c3cc(NS(C)(=O)=O)ccc3N2)c(O)n2ccnc12. The van der Waals surface area contributed by atoms with Crippen molar-refractivity contribution in [3.05, 3.63) is 46.5 Å². The molecule has 4 rings (SSSR count). The molecular formula is C19H22N6O6S2. The number of rotatable bonds is 6. The van der Waals surface area contributed by atoms with E-state index in [9.17, 15) is 26.7 Å². The monoisotopic (exact) mass is 494 g/mol. The number of aromatic hydroxyl groups is 1. The number of nitrogens with one attached hydrogen (secondary N) is 2. The van der Waals surface area contributed by atoms with E-state index >= 15 is 0 Å². The highest BCUT2D eigenvalue weighted by atomic mass is 32.2. The Balaban J connectivity index is 1.86. The van der Waals surface area contributed by atoms with Crippen molar-refractivity contribution >= 4 is 43.0 Å². The number of aryl methyl sites for hydroxylation is 1. The lowest BCUT2D eigenvalue weighted by atomic mass is 10.1. The van der Waals surface area contributed by atoms with Crippen molar-refractivity contribution in [2.24, 2.45) is 10.3 Å². The number of amidine groups is 1. The van der Waals surface area contributed by atoms with Gasteiger partial charge in [-0.15, -0.1) is 4.40 Å². The topological polar surface area (TPSA) is 164 Å². The number of anilines is 2. The van der Waals surface area contributed by atoms with Crippen LogP contribution in [0.1, 0.15) is 25.8 Å². The van der Waals surface area contributed by atoms with Crippen LogP contribution in [0, 0.1) is 5.92 Å². The van der Waals surface area contributed by atoms with Gasteiger partial charge in [0.1, 0.15) is 10.5 Å². The predicted octanol–water partition coefficient (Wildman–Crippen LogP) is 1.18. The number of imidazole rings is 1. The minimum absolute atomic E-state index is 0.0407. The molecule has 0 spiro atoms. The number of aromatic nitrogens is 3. The van der Waals surface area contributed by atoms with E-state index in [4.69, 9.17) is 0 Å². The fourth-order valence-electron chi connectivity index (χ4n) is 3.44. The number of benzene rings is 1. The fraction of sp³-hybridized carbons (Fsp3) is 0.316. The van der Waals surface area contributed by atoms with Crippen molar-refractivity contribution in [1.29, 1.82) is 0 Å². The van der Waals surface area contributed by atoms with Gasteiger partial charge in [-0.3, -0.25) is 18.5 Å². The zero-order chi connectivity index (χ0) is 24.1. The van der Waals surface area contributed by atoms with E-state index < -0.39 is 31.5 Å². The maximum atomic E-state index is 13.3. The van der Waals surface area contributed by atoms with Gasteiger partial charge in [0.15, 0.2) is 5.84 Å². The normalized spacial score (nSPS) is 15.2. The molecule has 0 atom stereocenters. The Kier molecular flexibility index (Phi) is 5.44. The van der Waals surface area contributed by atoms with Gasteiger partial charge in [0, 0.05) is 24.6 Å². The summed E-state index contributed by atoms with van der Waals surface area (Å²) in [5.41, 5.74) is -0.847. The summed E-state index contributed by atoms with van der Waals surface area (Å²) in [5.74, 6) is -0.342. The van der Waals surface area contributed by atoms with E-state index in [1.54, 1.807) is 0 Å². The highest BCUT2D eigenvalue weighted by Gasteiger charge is 2.30. The van der Waals surface area contributed by atoms with Gasteiger partial charge < -0.3 is 10.4 Å². The lowest BCUT2D eigenvalue weighted by Crippen LogP contribution is -2.34. The molecule has 0 amide bonds. The average molecular weight is 495 g/mol. The average Bonchev–Trinajstić information content (AvgIpc) is 3.16. The largest absolute Gasteiger partial charge is 0.493 e. The van der Waals surface area contributed by atoms with Crippen LogP contribution in [-0.4, -0.2) is 48.0 Å². The molecule has 3 heterocycles. The van der Waals surface area contributed by atoms with Crippen LogP contribution in [0.2, 0.25) is 0 Å². The minimum atomic E-state index is -4.32. The van der Waals surface area contributed by atoms with E-state index in [-0.39, 0.29) is 39.4 Å². The second-order valence-corrected chi connectivity index (χ2v) is 11.4. The number of hydrogen-bond donors (Lipinski definition) is 3. The lowest BCUT2D eigenvalue weighted by Gasteiger charge is -2.20. The molecule has 0 aliphatic carbocycles. The molecule has 14 heteroatoms. The summed E-state index contributed by atoms with van der Waals surface area (Å²) in [6.07, 6.45) is 4.47. The Bertz CT molecular complexity index is 1570. The smallest absolute Gasteiger partial charge is 0.286 e. The van der Waals surface area contributed by atoms with E-state index in [2.05, 4.69) is 19.4 Å². The summed E-state index contributed by atoms with van der Waals surface area (Å²) in [4.78, 5) is 17.2. The molecule has 1 aliphatic rings. The van der Waals surface area contributed by atoms with Gasteiger partial charge in [0.05, 0.1) is 11.9 Å². The Morgan fingerprint density at radius 3 is 2.67 bits per heavy atom. The third kappa shape index (κ3) is 4.30. The molecule has 1 aliphatic heterocycles. The van der Waals surface area contributed by atoms with Crippen LogP contribution in [-0.2, 0) is 26.6 Å². The molecule has 0 saturated heterocycles. The molecule has 0 saturated carbocycles. The summed E-state index contributed by atoms with van der Waals surface area (Å²) in [5, 5.41) is 13.6. The van der Waals surface area contributed by atoms with Crippen LogP contribution < -0.4 is 15.6 Å². The van der Waals surface area contributed by atoms with Crippen molar-refractivity contribution < 1.29 is 21.9 Å². The van der Waals surface area contributed by atoms with Crippen LogP contribution in [0.3, 0.4) is 0 Å². The van der Waals surface area contributed by atoms with Crippen LogP contribution in [0.15, 0.2) is 44.7 Å². The fourth-order valence-corrected chi connectivity index (χ4v) is 5.15. The van der Waals surface area contributed by atoms with Gasteiger partial charge in [0.25, 0.3) is 15.6 Å². The van der Waals surface area contributed by atoms with E-state index in [1.165, 1.54) is 33.5 Å². The quantitative estimate of drug-likeness (QED) is 0.460. The lowest BCUT2D eigenvalue weighted by molar-refractivity contribution is 0.434. The van der Waals surface area contributed by atoms with Crippen LogP contribution in [0.5, 0.6) is 5.88 Å². The van der Waals surface area contributed by atoms with Gasteiger partial charge in [0.2, 0.25) is 21.7 Å². The van der Waals surface area contributed by atoms with Crippen molar-refractivity contribution in [1.82, 2.24) is 14.0 Å². The number of sulfonamides is 2. The van der Waals surface area contributed by atoms with E-state index in [0.717, 1.165) is 12.3 Å². The first-order chi connectivity index (χ1) is 15.4. The van der Waals surface area contributed by atoms with E-state index in [1.807, 2.05) is 13.8 Å². The predicted molar refractivity (Wildman–Crippen MR) is 123 cm³/mol. The van der Waals surface area contributed by atoms with E-state index in [0.29, 0.717) is 13.0 Å². The molecule has 0 bridgehead atoms. The van der Waals surface area contributed by atoms with Gasteiger partial charge in [-0.05, 0) is 30.5 Å². The van der Waals surface area contributed by atoms with Crippen molar-refractivity contribution in [2.45, 2.75) is 31.7 Å². The molecular weight excluding hydrogens is 472 g/mol. The summed E-state index contributed by atoms with van der Waals surface area (Å²) < 4.78 is 57.3. The second kappa shape index (κ2) is 7.88. The molecule has 3 N–H and O–H groups in total. The number of nitrogens with zero attached hydrogens (tertiary/aromatic N) is 4. The Hall–Kier alpha value is -3.39.